The fourth-order valence-corrected chi connectivity index (χ4v) is 3.21. The van der Waals surface area contributed by atoms with Crippen molar-refractivity contribution >= 4 is 27.9 Å². The number of nitrogens with zero attached hydrogens (tertiary/aromatic N) is 4. The first kappa shape index (κ1) is 20.7. The van der Waals surface area contributed by atoms with Crippen LogP contribution in [-0.2, 0) is 16.1 Å². The smallest absolute Gasteiger partial charge is 0.410 e. The molecule has 0 aromatic carbocycles. The van der Waals surface area contributed by atoms with E-state index in [1.807, 2.05) is 44.2 Å². The van der Waals surface area contributed by atoms with Crippen molar-refractivity contribution < 1.29 is 14.3 Å². The van der Waals surface area contributed by atoms with E-state index in [1.165, 1.54) is 0 Å². The monoisotopic (exact) mass is 428 g/mol. The Hall–Kier alpha value is -1.57. The maximum absolute atomic E-state index is 12.6. The van der Waals surface area contributed by atoms with E-state index in [4.69, 9.17) is 4.74 Å². The molecule has 1 aliphatic rings. The van der Waals surface area contributed by atoms with Gasteiger partial charge in [-0.3, -0.25) is 9.48 Å². The summed E-state index contributed by atoms with van der Waals surface area (Å²) in [5.41, 5.74) is 1.45. The summed E-state index contributed by atoms with van der Waals surface area (Å²) in [7, 11) is 0. The van der Waals surface area contributed by atoms with E-state index in [0.29, 0.717) is 39.1 Å². The van der Waals surface area contributed by atoms with Gasteiger partial charge in [0.2, 0.25) is 5.91 Å². The summed E-state index contributed by atoms with van der Waals surface area (Å²) in [4.78, 5) is 28.3. The normalized spacial score (nSPS) is 15.8. The minimum Gasteiger partial charge on any atom is -0.444 e. The largest absolute Gasteiger partial charge is 0.444 e. The summed E-state index contributed by atoms with van der Waals surface area (Å²) in [5.74, 6) is 0.0970. The summed E-state index contributed by atoms with van der Waals surface area (Å²) in [5, 5.41) is 4.44. The zero-order chi connectivity index (χ0) is 19.5. The van der Waals surface area contributed by atoms with Gasteiger partial charge in [0.25, 0.3) is 0 Å². The van der Waals surface area contributed by atoms with Crippen LogP contribution in [0.5, 0.6) is 0 Å². The second-order valence-electron chi connectivity index (χ2n) is 7.66. The molecule has 1 aliphatic heterocycles. The van der Waals surface area contributed by atoms with Gasteiger partial charge in [0, 0.05) is 38.3 Å². The highest BCUT2D eigenvalue weighted by atomic mass is 79.9. The van der Waals surface area contributed by atoms with Crippen molar-refractivity contribution in [2.75, 3.05) is 26.2 Å². The van der Waals surface area contributed by atoms with E-state index in [-0.39, 0.29) is 12.0 Å². The van der Waals surface area contributed by atoms with Crippen molar-refractivity contribution in [1.29, 1.82) is 0 Å². The standard InChI is InChI=1S/C18H29BrN4O3/c1-13-16(19)14(2)23(20-13)10-7-15(24)21-8-6-9-22(12-11-21)17(25)26-18(3,4)5/h6-12H2,1-5H3. The molecule has 7 nitrogen and oxygen atoms in total. The van der Waals surface area contributed by atoms with Gasteiger partial charge in [-0.05, 0) is 57.0 Å². The highest BCUT2D eigenvalue weighted by Crippen LogP contribution is 2.20. The predicted molar refractivity (Wildman–Crippen MR) is 103 cm³/mol. The third-order valence-corrected chi connectivity index (χ3v) is 5.48. The molecule has 0 spiro atoms. The Labute approximate surface area is 163 Å². The Kier molecular flexibility index (Phi) is 6.71. The van der Waals surface area contributed by atoms with Crippen molar-refractivity contribution in [2.45, 2.75) is 59.6 Å². The Bertz CT molecular complexity index is 666. The lowest BCUT2D eigenvalue weighted by Crippen LogP contribution is -2.40. The van der Waals surface area contributed by atoms with E-state index in [2.05, 4.69) is 21.0 Å². The van der Waals surface area contributed by atoms with Gasteiger partial charge in [0.1, 0.15) is 5.60 Å². The number of aromatic nitrogens is 2. The summed E-state index contributed by atoms with van der Waals surface area (Å²) in [6, 6.07) is 0. The van der Waals surface area contributed by atoms with Crippen molar-refractivity contribution in [3.8, 4) is 0 Å². The molecule has 0 saturated carbocycles. The lowest BCUT2D eigenvalue weighted by Gasteiger charge is -2.26. The molecular weight excluding hydrogens is 400 g/mol. The average Bonchev–Trinajstić information content (AvgIpc) is 2.75. The van der Waals surface area contributed by atoms with Crippen LogP contribution in [0.4, 0.5) is 4.79 Å². The lowest BCUT2D eigenvalue weighted by molar-refractivity contribution is -0.131. The molecular formula is C18H29BrN4O3. The SMILES string of the molecule is Cc1nn(CCC(=O)N2CCCN(C(=O)OC(C)(C)C)CC2)c(C)c1Br. The van der Waals surface area contributed by atoms with Crippen LogP contribution in [0.15, 0.2) is 4.47 Å². The fourth-order valence-electron chi connectivity index (χ4n) is 2.93. The first-order valence-corrected chi connectivity index (χ1v) is 9.83. The Morgan fingerprint density at radius 3 is 2.31 bits per heavy atom. The Balaban J connectivity index is 1.87. The first-order valence-electron chi connectivity index (χ1n) is 9.03. The van der Waals surface area contributed by atoms with Gasteiger partial charge in [-0.2, -0.15) is 5.10 Å². The molecule has 2 heterocycles. The summed E-state index contributed by atoms with van der Waals surface area (Å²) >= 11 is 3.51. The van der Waals surface area contributed by atoms with Gasteiger partial charge < -0.3 is 14.5 Å². The van der Waals surface area contributed by atoms with Gasteiger partial charge in [0.05, 0.1) is 16.7 Å². The molecule has 1 fully saturated rings. The van der Waals surface area contributed by atoms with Crippen molar-refractivity contribution in [1.82, 2.24) is 19.6 Å². The van der Waals surface area contributed by atoms with E-state index in [1.54, 1.807) is 4.90 Å². The molecule has 0 bridgehead atoms. The highest BCUT2D eigenvalue weighted by molar-refractivity contribution is 9.10. The third kappa shape index (κ3) is 5.46. The van der Waals surface area contributed by atoms with Crippen molar-refractivity contribution in [2.24, 2.45) is 0 Å². The minimum atomic E-state index is -0.507. The molecule has 2 rings (SSSR count). The molecule has 146 valence electrons. The van der Waals surface area contributed by atoms with Gasteiger partial charge in [-0.25, -0.2) is 4.79 Å². The number of amides is 2. The van der Waals surface area contributed by atoms with Gasteiger partial charge in [-0.15, -0.1) is 0 Å². The zero-order valence-electron chi connectivity index (χ0n) is 16.3. The molecule has 2 amide bonds. The van der Waals surface area contributed by atoms with E-state index >= 15 is 0 Å². The van der Waals surface area contributed by atoms with Gasteiger partial charge in [-0.1, -0.05) is 0 Å². The Morgan fingerprint density at radius 2 is 1.73 bits per heavy atom. The van der Waals surface area contributed by atoms with Crippen LogP contribution in [0.3, 0.4) is 0 Å². The summed E-state index contributed by atoms with van der Waals surface area (Å²) in [6.07, 6.45) is 0.858. The van der Waals surface area contributed by atoms with Crippen LogP contribution in [-0.4, -0.2) is 63.4 Å². The topological polar surface area (TPSA) is 67.7 Å². The van der Waals surface area contributed by atoms with Crippen LogP contribution in [0.1, 0.15) is 45.0 Å². The molecule has 0 aliphatic carbocycles. The van der Waals surface area contributed by atoms with Crippen LogP contribution < -0.4 is 0 Å². The molecule has 0 unspecified atom stereocenters. The second-order valence-corrected chi connectivity index (χ2v) is 8.45. The molecule has 1 aromatic rings. The zero-order valence-corrected chi connectivity index (χ0v) is 17.9. The average molecular weight is 429 g/mol. The first-order chi connectivity index (χ1) is 12.1. The quantitative estimate of drug-likeness (QED) is 0.741. The number of hydrogen-bond acceptors (Lipinski definition) is 4. The lowest BCUT2D eigenvalue weighted by atomic mass is 10.2. The van der Waals surface area contributed by atoms with E-state index in [0.717, 1.165) is 22.3 Å². The predicted octanol–water partition coefficient (Wildman–Crippen LogP) is 3.12. The molecule has 0 N–H and O–H groups in total. The summed E-state index contributed by atoms with van der Waals surface area (Å²) < 4.78 is 8.28. The molecule has 26 heavy (non-hydrogen) atoms. The fraction of sp³-hybridized carbons (Fsp3) is 0.722. The molecule has 0 atom stereocenters. The number of aryl methyl sites for hydroxylation is 2. The molecule has 1 aromatic heterocycles. The minimum absolute atomic E-state index is 0.0970. The van der Waals surface area contributed by atoms with Crippen molar-refractivity contribution in [3.05, 3.63) is 15.9 Å². The number of ether oxygens (including phenoxy) is 1. The molecule has 0 radical (unpaired) electrons. The van der Waals surface area contributed by atoms with Crippen LogP contribution in [0.25, 0.3) is 0 Å². The summed E-state index contributed by atoms with van der Waals surface area (Å²) in [6.45, 7) is 12.4. The second kappa shape index (κ2) is 8.41. The number of halogens is 1. The van der Waals surface area contributed by atoms with E-state index < -0.39 is 5.60 Å². The number of hydrogen-bond donors (Lipinski definition) is 0. The van der Waals surface area contributed by atoms with Gasteiger partial charge >= 0.3 is 6.09 Å². The number of carbonyl (C=O) groups is 2. The van der Waals surface area contributed by atoms with E-state index in [9.17, 15) is 9.59 Å². The van der Waals surface area contributed by atoms with Crippen LogP contribution in [0, 0.1) is 13.8 Å². The van der Waals surface area contributed by atoms with Crippen molar-refractivity contribution in [3.63, 3.8) is 0 Å². The molecule has 8 heteroatoms. The number of carbonyl (C=O) groups excluding carboxylic acids is 2. The Morgan fingerprint density at radius 1 is 1.12 bits per heavy atom. The highest BCUT2D eigenvalue weighted by Gasteiger charge is 2.26. The molecule has 1 saturated heterocycles. The maximum Gasteiger partial charge on any atom is 0.410 e. The maximum atomic E-state index is 12.6. The van der Waals surface area contributed by atoms with Crippen LogP contribution in [0.2, 0.25) is 0 Å². The number of rotatable bonds is 3. The third-order valence-electron chi connectivity index (χ3n) is 4.33. The van der Waals surface area contributed by atoms with Crippen LogP contribution >= 0.6 is 15.9 Å². The van der Waals surface area contributed by atoms with Gasteiger partial charge in [0.15, 0.2) is 0 Å².